The van der Waals surface area contributed by atoms with E-state index in [1.165, 1.54) is 41.7 Å². The number of rotatable bonds is 5. The van der Waals surface area contributed by atoms with E-state index >= 15 is 0 Å². The van der Waals surface area contributed by atoms with Crippen LogP contribution in [-0.4, -0.2) is 15.8 Å². The Bertz CT molecular complexity index is 1270. The van der Waals surface area contributed by atoms with Crippen LogP contribution in [0.3, 0.4) is 0 Å². The number of nitrogens with zero attached hydrogens (tertiary/aromatic N) is 2. The fourth-order valence-corrected chi connectivity index (χ4v) is 4.02. The quantitative estimate of drug-likeness (QED) is 0.278. The highest BCUT2D eigenvalue weighted by atomic mass is 35.5. The molecular weight excluding hydrogens is 441 g/mol. The van der Waals surface area contributed by atoms with Crippen molar-refractivity contribution in [1.29, 1.82) is 0 Å². The SMILES string of the molecule is O=C(Nc1nc(-c2ccc(Cl)cc2)c(-c2ccc([N+](=O)[O-])cc2)s1)c1cccc(F)c1. The number of carbonyl (C=O) groups is 1. The molecule has 1 aromatic heterocycles. The molecule has 154 valence electrons. The fourth-order valence-electron chi connectivity index (χ4n) is 2.91. The molecule has 1 amide bonds. The van der Waals surface area contributed by atoms with E-state index in [9.17, 15) is 19.3 Å². The van der Waals surface area contributed by atoms with Gasteiger partial charge in [0.1, 0.15) is 5.82 Å². The van der Waals surface area contributed by atoms with Crippen LogP contribution in [-0.2, 0) is 0 Å². The third kappa shape index (κ3) is 4.60. The van der Waals surface area contributed by atoms with Crippen molar-refractivity contribution in [2.75, 3.05) is 5.32 Å². The number of nitro benzene ring substituents is 1. The average molecular weight is 454 g/mol. The monoisotopic (exact) mass is 453 g/mol. The standard InChI is InChI=1S/C22H13ClFN3O3S/c23-16-8-4-13(5-9-16)19-20(14-6-10-18(11-7-14)27(29)30)31-22(25-19)26-21(28)15-2-1-3-17(24)12-15/h1-12H,(H,25,26,28). The number of non-ortho nitro benzene ring substituents is 1. The lowest BCUT2D eigenvalue weighted by atomic mass is 10.1. The van der Waals surface area contributed by atoms with Gasteiger partial charge in [0.25, 0.3) is 11.6 Å². The highest BCUT2D eigenvalue weighted by Gasteiger charge is 2.18. The van der Waals surface area contributed by atoms with Crippen molar-refractivity contribution in [3.63, 3.8) is 0 Å². The third-order valence-corrected chi connectivity index (χ3v) is 5.66. The smallest absolute Gasteiger partial charge is 0.269 e. The van der Waals surface area contributed by atoms with Crippen molar-refractivity contribution in [3.8, 4) is 21.7 Å². The van der Waals surface area contributed by atoms with Crippen LogP contribution in [0.4, 0.5) is 15.2 Å². The molecule has 0 atom stereocenters. The summed E-state index contributed by atoms with van der Waals surface area (Å²) in [6.45, 7) is 0. The van der Waals surface area contributed by atoms with E-state index in [0.29, 0.717) is 26.3 Å². The van der Waals surface area contributed by atoms with Gasteiger partial charge in [0.15, 0.2) is 5.13 Å². The molecule has 0 spiro atoms. The highest BCUT2D eigenvalue weighted by molar-refractivity contribution is 7.19. The Morgan fingerprint density at radius 1 is 1.03 bits per heavy atom. The Morgan fingerprint density at radius 3 is 2.35 bits per heavy atom. The maximum absolute atomic E-state index is 13.4. The Morgan fingerprint density at radius 2 is 1.71 bits per heavy atom. The number of hydrogen-bond donors (Lipinski definition) is 1. The predicted octanol–water partition coefficient (Wildman–Crippen LogP) is 6.43. The lowest BCUT2D eigenvalue weighted by Gasteiger charge is -2.03. The molecule has 0 fully saturated rings. The average Bonchev–Trinajstić information content (AvgIpc) is 3.18. The summed E-state index contributed by atoms with van der Waals surface area (Å²) >= 11 is 7.20. The summed E-state index contributed by atoms with van der Waals surface area (Å²) in [5.41, 5.74) is 2.20. The maximum atomic E-state index is 13.4. The largest absolute Gasteiger partial charge is 0.298 e. The van der Waals surface area contributed by atoms with Crippen LogP contribution in [0.5, 0.6) is 0 Å². The summed E-state index contributed by atoms with van der Waals surface area (Å²) in [5.74, 6) is -1.01. The first-order valence-corrected chi connectivity index (χ1v) is 10.2. The minimum absolute atomic E-state index is 0.0269. The van der Waals surface area contributed by atoms with Gasteiger partial charge in [0.2, 0.25) is 0 Å². The Hall–Kier alpha value is -3.62. The van der Waals surface area contributed by atoms with Crippen LogP contribution in [0.15, 0.2) is 72.8 Å². The lowest BCUT2D eigenvalue weighted by molar-refractivity contribution is -0.384. The number of halogens is 2. The summed E-state index contributed by atoms with van der Waals surface area (Å²) in [4.78, 5) is 28.3. The van der Waals surface area contributed by atoms with E-state index in [1.54, 1.807) is 36.4 Å². The molecule has 0 aliphatic carbocycles. The van der Waals surface area contributed by atoms with Crippen molar-refractivity contribution in [2.45, 2.75) is 0 Å². The number of carbonyl (C=O) groups excluding carboxylic acids is 1. The first-order valence-electron chi connectivity index (χ1n) is 8.99. The number of benzene rings is 3. The molecule has 0 radical (unpaired) electrons. The van der Waals surface area contributed by atoms with E-state index in [4.69, 9.17) is 11.6 Å². The molecule has 0 saturated heterocycles. The normalized spacial score (nSPS) is 10.6. The van der Waals surface area contributed by atoms with Crippen molar-refractivity contribution in [1.82, 2.24) is 4.98 Å². The molecule has 0 unspecified atom stereocenters. The van der Waals surface area contributed by atoms with Gasteiger partial charge in [-0.25, -0.2) is 9.37 Å². The zero-order valence-corrected chi connectivity index (χ0v) is 17.3. The number of thiazole rings is 1. The number of nitrogens with one attached hydrogen (secondary N) is 1. The molecule has 1 heterocycles. The topological polar surface area (TPSA) is 85.1 Å². The van der Waals surface area contributed by atoms with Crippen molar-refractivity contribution in [3.05, 3.63) is 99.3 Å². The number of anilines is 1. The van der Waals surface area contributed by atoms with E-state index < -0.39 is 16.6 Å². The van der Waals surface area contributed by atoms with Gasteiger partial charge in [-0.3, -0.25) is 20.2 Å². The van der Waals surface area contributed by atoms with Crippen molar-refractivity contribution >= 4 is 39.7 Å². The van der Waals surface area contributed by atoms with Crippen LogP contribution in [0, 0.1) is 15.9 Å². The second kappa shape index (κ2) is 8.63. The maximum Gasteiger partial charge on any atom is 0.269 e. The Labute approximate surface area is 185 Å². The van der Waals surface area contributed by atoms with Gasteiger partial charge in [0.05, 0.1) is 15.5 Å². The Balaban J connectivity index is 1.74. The zero-order chi connectivity index (χ0) is 22.0. The van der Waals surface area contributed by atoms with E-state index in [0.717, 1.165) is 11.6 Å². The number of aromatic nitrogens is 1. The van der Waals surface area contributed by atoms with Gasteiger partial charge in [-0.1, -0.05) is 41.1 Å². The second-order valence-corrected chi connectivity index (χ2v) is 7.91. The molecule has 0 bridgehead atoms. The van der Waals surface area contributed by atoms with Gasteiger partial charge >= 0.3 is 0 Å². The van der Waals surface area contributed by atoms with Gasteiger partial charge in [-0.2, -0.15) is 0 Å². The Kier molecular flexibility index (Phi) is 5.75. The van der Waals surface area contributed by atoms with Gasteiger partial charge < -0.3 is 0 Å². The van der Waals surface area contributed by atoms with E-state index in [1.807, 2.05) is 0 Å². The van der Waals surface area contributed by atoms with Crippen molar-refractivity contribution in [2.24, 2.45) is 0 Å². The van der Waals surface area contributed by atoms with E-state index in [-0.39, 0.29) is 11.3 Å². The van der Waals surface area contributed by atoms with Gasteiger partial charge in [-0.15, -0.1) is 0 Å². The molecule has 4 rings (SSSR count). The van der Waals surface area contributed by atoms with Crippen LogP contribution in [0.1, 0.15) is 10.4 Å². The van der Waals surface area contributed by atoms with Crippen LogP contribution in [0.25, 0.3) is 21.7 Å². The van der Waals surface area contributed by atoms with Crippen LogP contribution in [0.2, 0.25) is 5.02 Å². The predicted molar refractivity (Wildman–Crippen MR) is 119 cm³/mol. The summed E-state index contributed by atoms with van der Waals surface area (Å²) in [5, 5.41) is 14.5. The summed E-state index contributed by atoms with van der Waals surface area (Å²) in [6.07, 6.45) is 0. The summed E-state index contributed by atoms with van der Waals surface area (Å²) < 4.78 is 13.4. The van der Waals surface area contributed by atoms with Crippen LogP contribution < -0.4 is 5.32 Å². The van der Waals surface area contributed by atoms with Crippen molar-refractivity contribution < 1.29 is 14.1 Å². The number of nitro groups is 1. The molecule has 0 aliphatic heterocycles. The molecule has 3 aromatic carbocycles. The molecule has 31 heavy (non-hydrogen) atoms. The molecule has 9 heteroatoms. The first kappa shape index (κ1) is 20.6. The van der Waals surface area contributed by atoms with Gasteiger partial charge in [0, 0.05) is 28.3 Å². The second-order valence-electron chi connectivity index (χ2n) is 6.47. The summed E-state index contributed by atoms with van der Waals surface area (Å²) in [6, 6.07) is 18.5. The molecule has 0 aliphatic rings. The summed E-state index contributed by atoms with van der Waals surface area (Å²) in [7, 11) is 0. The molecule has 6 nitrogen and oxygen atoms in total. The highest BCUT2D eigenvalue weighted by Crippen LogP contribution is 2.40. The number of amides is 1. The lowest BCUT2D eigenvalue weighted by Crippen LogP contribution is -2.11. The first-order chi connectivity index (χ1) is 14.9. The number of hydrogen-bond acceptors (Lipinski definition) is 5. The van der Waals surface area contributed by atoms with E-state index in [2.05, 4.69) is 10.3 Å². The minimum atomic E-state index is -0.514. The molecular formula is C22H13ClFN3O3S. The minimum Gasteiger partial charge on any atom is -0.298 e. The van der Waals surface area contributed by atoms with Crippen LogP contribution >= 0.6 is 22.9 Å². The molecule has 4 aromatic rings. The molecule has 0 saturated carbocycles. The molecule has 1 N–H and O–H groups in total. The third-order valence-electron chi connectivity index (χ3n) is 4.39. The van der Waals surface area contributed by atoms with Gasteiger partial charge in [-0.05, 0) is 48.0 Å². The fraction of sp³-hybridized carbons (Fsp3) is 0. The zero-order valence-electron chi connectivity index (χ0n) is 15.7.